The second-order valence-corrected chi connectivity index (χ2v) is 9.80. The second kappa shape index (κ2) is 9.49. The zero-order valence-corrected chi connectivity index (χ0v) is 20.3. The number of nitrogens with one attached hydrogen (secondary N) is 1. The van der Waals surface area contributed by atoms with Gasteiger partial charge in [-0.15, -0.1) is 0 Å². The van der Waals surface area contributed by atoms with Crippen molar-refractivity contribution in [1.82, 2.24) is 9.47 Å². The number of anilines is 1. The lowest BCUT2D eigenvalue weighted by atomic mass is 9.96. The second-order valence-electron chi connectivity index (χ2n) is 9.36. The monoisotopic (exact) mass is 457 g/mol. The van der Waals surface area contributed by atoms with Gasteiger partial charge in [-0.3, -0.25) is 14.4 Å². The number of carbonyl (C=O) groups is 3. The van der Waals surface area contributed by atoms with Crippen LogP contribution in [0.15, 0.2) is 30.3 Å². The number of carbonyl (C=O) groups excluding carboxylic acids is 3. The molecule has 1 aliphatic carbocycles. The topological polar surface area (TPSA) is 71.4 Å². The molecule has 32 heavy (non-hydrogen) atoms. The van der Waals surface area contributed by atoms with E-state index in [1.165, 1.54) is 0 Å². The van der Waals surface area contributed by atoms with E-state index in [0.717, 1.165) is 29.8 Å². The predicted molar refractivity (Wildman–Crippen MR) is 127 cm³/mol. The Morgan fingerprint density at radius 2 is 1.84 bits per heavy atom. The number of aryl methyl sites for hydroxylation is 1. The van der Waals surface area contributed by atoms with Gasteiger partial charge in [0.25, 0.3) is 0 Å². The van der Waals surface area contributed by atoms with Gasteiger partial charge in [-0.2, -0.15) is 0 Å². The molecule has 0 saturated heterocycles. The summed E-state index contributed by atoms with van der Waals surface area (Å²) in [7, 11) is 0. The maximum Gasteiger partial charge on any atom is 0.247 e. The van der Waals surface area contributed by atoms with Gasteiger partial charge in [0.05, 0.1) is 0 Å². The molecule has 0 saturated carbocycles. The highest BCUT2D eigenvalue weighted by atomic mass is 35.5. The maximum absolute atomic E-state index is 13.6. The van der Waals surface area contributed by atoms with Crippen molar-refractivity contribution >= 4 is 34.9 Å². The third kappa shape index (κ3) is 5.07. The number of hydrogen-bond acceptors (Lipinski definition) is 3. The van der Waals surface area contributed by atoms with Gasteiger partial charge >= 0.3 is 0 Å². The van der Waals surface area contributed by atoms with Gasteiger partial charge < -0.3 is 14.8 Å². The average molecular weight is 458 g/mol. The number of amides is 2. The molecule has 0 bridgehead atoms. The van der Waals surface area contributed by atoms with Gasteiger partial charge in [-0.25, -0.2) is 0 Å². The van der Waals surface area contributed by atoms with Gasteiger partial charge in [0.2, 0.25) is 11.8 Å². The lowest BCUT2D eigenvalue weighted by molar-refractivity contribution is -0.145. The summed E-state index contributed by atoms with van der Waals surface area (Å²) >= 11 is 5.94. The molecule has 1 N–H and O–H groups in total. The van der Waals surface area contributed by atoms with Crippen molar-refractivity contribution in [1.29, 1.82) is 0 Å². The number of halogens is 1. The van der Waals surface area contributed by atoms with E-state index < -0.39 is 11.6 Å². The summed E-state index contributed by atoms with van der Waals surface area (Å²) in [6, 6.07) is 8.15. The molecular weight excluding hydrogens is 426 g/mol. The van der Waals surface area contributed by atoms with E-state index in [1.54, 1.807) is 29.2 Å². The van der Waals surface area contributed by atoms with Crippen LogP contribution < -0.4 is 5.32 Å². The van der Waals surface area contributed by atoms with E-state index >= 15 is 0 Å². The maximum atomic E-state index is 13.6. The van der Waals surface area contributed by atoms with Crippen molar-refractivity contribution in [2.75, 3.05) is 5.32 Å². The third-order valence-corrected chi connectivity index (χ3v) is 6.18. The standard InChI is InChI=1S/C25H32ClN3O3/c1-6-20(24(32)27-18-12-10-17(26)11-13-18)29(25(3,4)5)23(31)15-28-16(2)14-19-21(28)8-7-9-22(19)30/h10-14,20H,6-9,15H2,1-5H3,(H,27,32). The van der Waals surface area contributed by atoms with Crippen LogP contribution in [0.5, 0.6) is 0 Å². The van der Waals surface area contributed by atoms with E-state index in [0.29, 0.717) is 23.6 Å². The van der Waals surface area contributed by atoms with Gasteiger partial charge in [0.1, 0.15) is 12.6 Å². The first-order valence-corrected chi connectivity index (χ1v) is 11.5. The summed E-state index contributed by atoms with van der Waals surface area (Å²) in [6.45, 7) is 9.74. The Labute approximate surface area is 194 Å². The van der Waals surface area contributed by atoms with Gasteiger partial charge in [-0.05, 0) is 77.3 Å². The fraction of sp³-hybridized carbons (Fsp3) is 0.480. The van der Waals surface area contributed by atoms with Crippen molar-refractivity contribution in [3.05, 3.63) is 52.3 Å². The smallest absolute Gasteiger partial charge is 0.247 e. The Balaban J connectivity index is 1.87. The van der Waals surface area contributed by atoms with Crippen LogP contribution in [0.25, 0.3) is 0 Å². The molecule has 0 spiro atoms. The first-order chi connectivity index (χ1) is 15.0. The molecule has 1 atom stereocenters. The SMILES string of the molecule is CCC(C(=O)Nc1ccc(Cl)cc1)N(C(=O)Cn1c(C)cc2c1CCCC2=O)C(C)(C)C. The molecule has 1 unspecified atom stereocenters. The molecule has 2 aromatic rings. The van der Waals surface area contributed by atoms with E-state index in [2.05, 4.69) is 5.32 Å². The Hall–Kier alpha value is -2.60. The third-order valence-electron chi connectivity index (χ3n) is 5.93. The van der Waals surface area contributed by atoms with E-state index in [-0.39, 0.29) is 24.1 Å². The van der Waals surface area contributed by atoms with Crippen LogP contribution in [0.1, 0.15) is 68.7 Å². The summed E-state index contributed by atoms with van der Waals surface area (Å²) in [5.41, 5.74) is 2.63. The molecule has 0 fully saturated rings. The molecule has 7 heteroatoms. The molecule has 1 heterocycles. The quantitative estimate of drug-likeness (QED) is 0.662. The highest BCUT2D eigenvalue weighted by Crippen LogP contribution is 2.27. The fourth-order valence-corrected chi connectivity index (χ4v) is 4.61. The molecule has 3 rings (SSSR count). The van der Waals surface area contributed by atoms with E-state index in [1.807, 2.05) is 45.3 Å². The van der Waals surface area contributed by atoms with Crippen LogP contribution in [-0.2, 0) is 22.6 Å². The van der Waals surface area contributed by atoms with Crippen molar-refractivity contribution in [3.8, 4) is 0 Å². The van der Waals surface area contributed by atoms with Crippen molar-refractivity contribution in [3.63, 3.8) is 0 Å². The molecule has 1 aromatic heterocycles. The van der Waals surface area contributed by atoms with Crippen LogP contribution in [-0.4, -0.2) is 38.6 Å². The molecule has 0 radical (unpaired) electrons. The lowest BCUT2D eigenvalue weighted by Gasteiger charge is -2.41. The minimum atomic E-state index is -0.633. The summed E-state index contributed by atoms with van der Waals surface area (Å²) in [5, 5.41) is 3.50. The minimum absolute atomic E-state index is 0.108. The number of Topliss-reactive ketones (excluding diaryl/α,β-unsaturated/α-hetero) is 1. The van der Waals surface area contributed by atoms with Crippen LogP contribution in [0.3, 0.4) is 0 Å². The molecule has 6 nitrogen and oxygen atoms in total. The molecular formula is C25H32ClN3O3. The zero-order valence-electron chi connectivity index (χ0n) is 19.5. The van der Waals surface area contributed by atoms with Crippen molar-refractivity contribution in [2.45, 2.75) is 78.4 Å². The molecule has 1 aromatic carbocycles. The normalized spacial score (nSPS) is 14.6. The van der Waals surface area contributed by atoms with Gasteiger partial charge in [-0.1, -0.05) is 18.5 Å². The number of ketones is 1. The fourth-order valence-electron chi connectivity index (χ4n) is 4.48. The number of aromatic nitrogens is 1. The Morgan fingerprint density at radius 3 is 2.44 bits per heavy atom. The number of rotatable bonds is 6. The van der Waals surface area contributed by atoms with Gasteiger partial charge in [0.15, 0.2) is 5.78 Å². The van der Waals surface area contributed by atoms with E-state index in [4.69, 9.17) is 11.6 Å². The van der Waals surface area contributed by atoms with Crippen molar-refractivity contribution < 1.29 is 14.4 Å². The first-order valence-electron chi connectivity index (χ1n) is 11.1. The van der Waals surface area contributed by atoms with Crippen LogP contribution in [0.4, 0.5) is 5.69 Å². The van der Waals surface area contributed by atoms with E-state index in [9.17, 15) is 14.4 Å². The largest absolute Gasteiger partial charge is 0.339 e. The average Bonchev–Trinajstić information content (AvgIpc) is 3.03. The lowest BCUT2D eigenvalue weighted by Crippen LogP contribution is -2.56. The number of nitrogens with zero attached hydrogens (tertiary/aromatic N) is 2. The minimum Gasteiger partial charge on any atom is -0.339 e. The predicted octanol–water partition coefficient (Wildman–Crippen LogP) is 5.01. The molecule has 0 aliphatic heterocycles. The molecule has 2 amide bonds. The Bertz CT molecular complexity index is 1020. The van der Waals surface area contributed by atoms with Crippen LogP contribution >= 0.6 is 11.6 Å². The molecule has 1 aliphatic rings. The highest BCUT2D eigenvalue weighted by Gasteiger charge is 2.37. The number of hydrogen-bond donors (Lipinski definition) is 1. The summed E-state index contributed by atoms with van der Waals surface area (Å²) in [5.74, 6) is -0.239. The Morgan fingerprint density at radius 1 is 1.19 bits per heavy atom. The zero-order chi connectivity index (χ0) is 23.6. The summed E-state index contributed by atoms with van der Waals surface area (Å²) in [4.78, 5) is 40.8. The van der Waals surface area contributed by atoms with Gasteiger partial charge in [0, 0.05) is 39.6 Å². The summed E-state index contributed by atoms with van der Waals surface area (Å²) < 4.78 is 1.94. The van der Waals surface area contributed by atoms with Crippen LogP contribution in [0, 0.1) is 6.92 Å². The number of benzene rings is 1. The first kappa shape index (κ1) is 24.1. The van der Waals surface area contributed by atoms with Crippen LogP contribution in [0.2, 0.25) is 5.02 Å². The molecule has 172 valence electrons. The van der Waals surface area contributed by atoms with Crippen molar-refractivity contribution in [2.24, 2.45) is 0 Å². The Kier molecular flexibility index (Phi) is 7.13. The number of fused-ring (bicyclic) bond motifs is 1. The highest BCUT2D eigenvalue weighted by molar-refractivity contribution is 6.30. The summed E-state index contributed by atoms with van der Waals surface area (Å²) in [6.07, 6.45) is 2.62.